The lowest BCUT2D eigenvalue weighted by Crippen LogP contribution is -2.45. The van der Waals surface area contributed by atoms with Crippen LogP contribution in [0, 0.1) is 0 Å². The van der Waals surface area contributed by atoms with E-state index < -0.39 is 26.6 Å². The molecule has 0 aliphatic heterocycles. The minimum absolute atomic E-state index is 0.0104. The molecule has 0 rings (SSSR count). The van der Waals surface area contributed by atoms with Crippen molar-refractivity contribution in [2.75, 3.05) is 40.9 Å². The van der Waals surface area contributed by atoms with Crippen LogP contribution in [0.4, 0.5) is 0 Å². The Balaban J connectivity index is 4.18. The van der Waals surface area contributed by atoms with Crippen LogP contribution >= 0.6 is 7.82 Å². The van der Waals surface area contributed by atoms with Crippen LogP contribution in [0.2, 0.25) is 0 Å². The fourth-order valence-corrected chi connectivity index (χ4v) is 9.88. The molecular formula is C67H123N2O6P. The molecule has 442 valence electrons. The maximum absolute atomic E-state index is 13.0. The van der Waals surface area contributed by atoms with Crippen LogP contribution in [-0.4, -0.2) is 68.5 Å². The molecule has 9 heteroatoms. The normalized spacial score (nSPS) is 14.4. The van der Waals surface area contributed by atoms with Gasteiger partial charge in [0.15, 0.2) is 0 Å². The Labute approximate surface area is 471 Å². The zero-order chi connectivity index (χ0) is 55.6. The maximum atomic E-state index is 13.0. The van der Waals surface area contributed by atoms with E-state index in [4.69, 9.17) is 9.05 Å². The van der Waals surface area contributed by atoms with Gasteiger partial charge < -0.3 is 28.8 Å². The maximum Gasteiger partial charge on any atom is 0.268 e. The summed E-state index contributed by atoms with van der Waals surface area (Å²) in [6.45, 7) is 4.54. The number of quaternary nitrogens is 1. The van der Waals surface area contributed by atoms with Gasteiger partial charge in [0.05, 0.1) is 39.9 Å². The number of amides is 1. The summed E-state index contributed by atoms with van der Waals surface area (Å²) in [7, 11) is 1.24. The predicted molar refractivity (Wildman–Crippen MR) is 330 cm³/mol. The van der Waals surface area contributed by atoms with E-state index in [1.165, 1.54) is 173 Å². The molecule has 0 fully saturated rings. The number of likely N-dealkylation sites (N-methyl/N-ethyl adjacent to an activating group) is 1. The molecule has 2 N–H and O–H groups in total. The van der Waals surface area contributed by atoms with Crippen molar-refractivity contribution >= 4 is 13.7 Å². The van der Waals surface area contributed by atoms with Crippen LogP contribution in [-0.2, 0) is 18.4 Å². The molecule has 0 aromatic carbocycles. The third-order valence-electron chi connectivity index (χ3n) is 14.1. The Bertz CT molecular complexity index is 1510. The summed E-state index contributed by atoms with van der Waals surface area (Å²) in [5, 5.41) is 13.9. The number of nitrogens with zero attached hydrogens (tertiary/aromatic N) is 1. The number of carbonyl (C=O) groups excluding carboxylic acids is 1. The van der Waals surface area contributed by atoms with E-state index in [0.717, 1.165) is 89.9 Å². The summed E-state index contributed by atoms with van der Waals surface area (Å²) in [4.78, 5) is 25.6. The van der Waals surface area contributed by atoms with Crippen LogP contribution < -0.4 is 10.2 Å². The van der Waals surface area contributed by atoms with Gasteiger partial charge in [0.1, 0.15) is 13.2 Å². The van der Waals surface area contributed by atoms with Crippen molar-refractivity contribution in [1.29, 1.82) is 0 Å². The molecule has 76 heavy (non-hydrogen) atoms. The second-order valence-electron chi connectivity index (χ2n) is 22.7. The van der Waals surface area contributed by atoms with Crippen molar-refractivity contribution < 1.29 is 32.9 Å². The van der Waals surface area contributed by atoms with E-state index in [1.807, 2.05) is 27.2 Å². The van der Waals surface area contributed by atoms with Crippen molar-refractivity contribution in [2.45, 2.75) is 296 Å². The highest BCUT2D eigenvalue weighted by atomic mass is 31.2. The van der Waals surface area contributed by atoms with Crippen LogP contribution in [0.3, 0.4) is 0 Å². The minimum Gasteiger partial charge on any atom is -0.756 e. The van der Waals surface area contributed by atoms with E-state index in [9.17, 15) is 19.4 Å². The highest BCUT2D eigenvalue weighted by Crippen LogP contribution is 2.38. The zero-order valence-corrected chi connectivity index (χ0v) is 51.3. The topological polar surface area (TPSA) is 108 Å². The average molecular weight is 1080 g/mol. The molecule has 0 radical (unpaired) electrons. The summed E-state index contributed by atoms with van der Waals surface area (Å²) in [6.07, 6.45) is 81.1. The highest BCUT2D eigenvalue weighted by molar-refractivity contribution is 7.45. The number of aliphatic hydroxyl groups is 1. The molecule has 0 aromatic rings. The fourth-order valence-electron chi connectivity index (χ4n) is 9.16. The van der Waals surface area contributed by atoms with E-state index in [-0.39, 0.29) is 12.5 Å². The minimum atomic E-state index is -4.61. The van der Waals surface area contributed by atoms with Crippen LogP contribution in [0.5, 0.6) is 0 Å². The van der Waals surface area contributed by atoms with Gasteiger partial charge in [-0.25, -0.2) is 0 Å². The van der Waals surface area contributed by atoms with Crippen LogP contribution in [0.15, 0.2) is 85.1 Å². The molecule has 3 unspecified atom stereocenters. The molecule has 3 atom stereocenters. The van der Waals surface area contributed by atoms with Crippen LogP contribution in [0.1, 0.15) is 284 Å². The molecule has 1 amide bonds. The van der Waals surface area contributed by atoms with E-state index in [1.54, 1.807) is 6.08 Å². The molecule has 0 aliphatic rings. The lowest BCUT2D eigenvalue weighted by molar-refractivity contribution is -0.870. The van der Waals surface area contributed by atoms with Gasteiger partial charge in [0, 0.05) is 6.42 Å². The number of allylic oxidation sites excluding steroid dienone is 13. The molecule has 0 spiro atoms. The Morgan fingerprint density at radius 3 is 1.17 bits per heavy atom. The Hall–Kier alpha value is -2.32. The molecule has 0 aromatic heterocycles. The SMILES string of the molecule is CC/C=C\C/C=C\C/C=C\C/C=C\C/C=C\C/C=C\CCCCCCC(=O)NC(COP(=O)([O-])OCC[N+](C)(C)C)C(O)/C=C/CCCCCCCCCCCCCCCCCCCCCCCCCCCCCCC. The highest BCUT2D eigenvalue weighted by Gasteiger charge is 2.23. The van der Waals surface area contributed by atoms with Gasteiger partial charge in [-0.2, -0.15) is 0 Å². The summed E-state index contributed by atoms with van der Waals surface area (Å²) >= 11 is 0. The van der Waals surface area contributed by atoms with Crippen molar-refractivity contribution in [2.24, 2.45) is 0 Å². The first kappa shape index (κ1) is 73.7. The summed E-state index contributed by atoms with van der Waals surface area (Å²) in [6, 6.07) is -0.908. The number of carbonyl (C=O) groups is 1. The Morgan fingerprint density at radius 2 is 0.803 bits per heavy atom. The smallest absolute Gasteiger partial charge is 0.268 e. The molecule has 0 saturated heterocycles. The number of nitrogens with one attached hydrogen (secondary N) is 1. The number of phosphoric ester groups is 1. The van der Waals surface area contributed by atoms with Gasteiger partial charge >= 0.3 is 0 Å². The van der Waals surface area contributed by atoms with E-state index in [0.29, 0.717) is 17.4 Å². The van der Waals surface area contributed by atoms with Crippen molar-refractivity contribution in [3.63, 3.8) is 0 Å². The monoisotopic (exact) mass is 1080 g/mol. The fraction of sp³-hybridized carbons (Fsp3) is 0.776. The van der Waals surface area contributed by atoms with Crippen molar-refractivity contribution in [1.82, 2.24) is 5.32 Å². The molecule has 0 aliphatic carbocycles. The standard InChI is InChI=1S/C67H123N2O6P/c1-6-8-10-12-14-16-18-20-22-24-26-28-30-31-32-33-34-35-36-37-39-40-42-44-46-48-50-52-54-56-58-60-66(70)65(64-75-76(72,73)74-63-62-69(3,4)5)68-67(71)61-59-57-55-53-51-49-47-45-43-41-38-29-27-25-23-21-19-17-15-13-11-9-7-2/h9,11,15,17,21,23,27,29,41,43,47,49,58,60,65-66,70H,6-8,10,12-14,16,18-20,22,24-26,28,30-40,42,44-46,48,50-57,59,61-64H2,1-5H3,(H-,68,71,72,73)/b11-9-,17-15-,23-21-,29-27-,43-41-,49-47-,60-58+. The molecule has 8 nitrogen and oxygen atoms in total. The lowest BCUT2D eigenvalue weighted by Gasteiger charge is -2.29. The summed E-state index contributed by atoms with van der Waals surface area (Å²) in [5.74, 6) is -0.222. The summed E-state index contributed by atoms with van der Waals surface area (Å²) in [5.41, 5.74) is 0. The molecule has 0 saturated carbocycles. The molecule has 0 heterocycles. The van der Waals surface area contributed by atoms with Gasteiger partial charge in [0.25, 0.3) is 7.82 Å². The van der Waals surface area contributed by atoms with E-state index in [2.05, 4.69) is 92.1 Å². The van der Waals surface area contributed by atoms with Crippen molar-refractivity contribution in [3.05, 3.63) is 85.1 Å². The zero-order valence-electron chi connectivity index (χ0n) is 50.4. The van der Waals surface area contributed by atoms with Gasteiger partial charge in [-0.15, -0.1) is 0 Å². The summed E-state index contributed by atoms with van der Waals surface area (Å²) < 4.78 is 23.4. The number of phosphoric acid groups is 1. The van der Waals surface area contributed by atoms with Gasteiger partial charge in [-0.1, -0.05) is 292 Å². The lowest BCUT2D eigenvalue weighted by atomic mass is 10.0. The molecular weight excluding hydrogens is 960 g/mol. The molecule has 0 bridgehead atoms. The van der Waals surface area contributed by atoms with Crippen molar-refractivity contribution in [3.8, 4) is 0 Å². The Morgan fingerprint density at radius 1 is 0.474 bits per heavy atom. The second-order valence-corrected chi connectivity index (χ2v) is 24.1. The second kappa shape index (κ2) is 57.4. The Kier molecular flexibility index (Phi) is 55.6. The first-order valence-corrected chi connectivity index (χ1v) is 33.4. The first-order chi connectivity index (χ1) is 37.0. The quantitative estimate of drug-likeness (QED) is 0.0272. The number of rotatable bonds is 58. The number of aliphatic hydroxyl groups excluding tert-OH is 1. The largest absolute Gasteiger partial charge is 0.756 e. The number of hydrogen-bond donors (Lipinski definition) is 2. The predicted octanol–water partition coefficient (Wildman–Crippen LogP) is 19.4. The third-order valence-corrected chi connectivity index (χ3v) is 15.1. The van der Waals surface area contributed by atoms with Gasteiger partial charge in [-0.05, 0) is 70.6 Å². The number of unbranched alkanes of at least 4 members (excludes halogenated alkanes) is 33. The van der Waals surface area contributed by atoms with Crippen LogP contribution in [0.25, 0.3) is 0 Å². The van der Waals surface area contributed by atoms with Gasteiger partial charge in [0.2, 0.25) is 5.91 Å². The first-order valence-electron chi connectivity index (χ1n) is 31.9. The van der Waals surface area contributed by atoms with Gasteiger partial charge in [-0.3, -0.25) is 9.36 Å². The third kappa shape index (κ3) is 59.3. The number of hydrogen-bond acceptors (Lipinski definition) is 6. The average Bonchev–Trinajstić information content (AvgIpc) is 3.38. The van der Waals surface area contributed by atoms with E-state index >= 15 is 0 Å².